The zero-order valence-corrected chi connectivity index (χ0v) is 11.7. The molecule has 0 N–H and O–H groups in total. The highest BCUT2D eigenvalue weighted by atomic mass is 16.6. The molecule has 1 aromatic heterocycles. The van der Waals surface area contributed by atoms with Crippen molar-refractivity contribution in [2.75, 3.05) is 20.2 Å². The van der Waals surface area contributed by atoms with Gasteiger partial charge in [0.05, 0.1) is 20.6 Å². The molecule has 0 aliphatic rings. The second-order valence-corrected chi connectivity index (χ2v) is 4.10. The summed E-state index contributed by atoms with van der Waals surface area (Å²) >= 11 is 0. The first-order chi connectivity index (χ1) is 9.42. The third-order valence-electron chi connectivity index (χ3n) is 2.98. The topological polar surface area (TPSA) is 94.7 Å². The molecule has 8 nitrogen and oxygen atoms in total. The number of carbonyl (C=O) groups is 2. The van der Waals surface area contributed by atoms with E-state index < -0.39 is 10.9 Å². The van der Waals surface area contributed by atoms with Crippen LogP contribution in [-0.4, -0.2) is 46.5 Å². The minimum Gasteiger partial charge on any atom is -0.469 e. The van der Waals surface area contributed by atoms with Crippen molar-refractivity contribution in [1.29, 1.82) is 0 Å². The smallest absolute Gasteiger partial charge is 0.323 e. The van der Waals surface area contributed by atoms with Gasteiger partial charge in [-0.3, -0.25) is 9.59 Å². The number of esters is 1. The molecule has 0 spiro atoms. The number of carbonyl (C=O) groups excluding carboxylic acids is 2. The van der Waals surface area contributed by atoms with Crippen molar-refractivity contribution in [2.24, 2.45) is 7.05 Å². The van der Waals surface area contributed by atoms with Gasteiger partial charge in [-0.05, 0) is 17.9 Å². The molecule has 1 rings (SSSR count). The minimum atomic E-state index is -0.554. The van der Waals surface area contributed by atoms with Gasteiger partial charge in [-0.1, -0.05) is 0 Å². The molecule has 1 heterocycles. The maximum Gasteiger partial charge on any atom is 0.323 e. The van der Waals surface area contributed by atoms with Gasteiger partial charge < -0.3 is 19.8 Å². The maximum atomic E-state index is 12.3. The van der Waals surface area contributed by atoms with Crippen molar-refractivity contribution >= 4 is 17.7 Å². The molecular weight excluding hydrogens is 266 g/mol. The van der Waals surface area contributed by atoms with Gasteiger partial charge in [0.1, 0.15) is 0 Å². The normalized spacial score (nSPS) is 10.2. The molecule has 0 aliphatic heterocycles. The molecule has 0 saturated heterocycles. The third-order valence-corrected chi connectivity index (χ3v) is 2.98. The number of amides is 1. The van der Waals surface area contributed by atoms with Crippen molar-refractivity contribution in [3.8, 4) is 0 Å². The predicted molar refractivity (Wildman–Crippen MR) is 70.3 cm³/mol. The van der Waals surface area contributed by atoms with Gasteiger partial charge in [-0.2, -0.15) is 0 Å². The van der Waals surface area contributed by atoms with Crippen molar-refractivity contribution in [2.45, 2.75) is 13.3 Å². The van der Waals surface area contributed by atoms with Crippen LogP contribution < -0.4 is 0 Å². The number of rotatable bonds is 6. The average molecular weight is 283 g/mol. The Hall–Kier alpha value is -2.38. The molecule has 0 fully saturated rings. The molecule has 8 heteroatoms. The lowest BCUT2D eigenvalue weighted by Gasteiger charge is -2.19. The third kappa shape index (κ3) is 3.34. The lowest BCUT2D eigenvalue weighted by Crippen LogP contribution is -2.34. The van der Waals surface area contributed by atoms with Crippen LogP contribution in [0.4, 0.5) is 5.82 Å². The number of methoxy groups -OCH3 is 1. The monoisotopic (exact) mass is 283 g/mol. The first-order valence-corrected chi connectivity index (χ1v) is 6.08. The molecule has 1 aromatic rings. The fraction of sp³-hybridized carbons (Fsp3) is 0.500. The number of hydrogen-bond donors (Lipinski definition) is 0. The molecule has 20 heavy (non-hydrogen) atoms. The Kier molecular flexibility index (Phi) is 5.24. The number of aromatic nitrogens is 1. The fourth-order valence-electron chi connectivity index (χ4n) is 1.79. The van der Waals surface area contributed by atoms with Gasteiger partial charge >= 0.3 is 11.8 Å². The lowest BCUT2D eigenvalue weighted by molar-refractivity contribution is -0.391. The molecular formula is C12H17N3O5. The Labute approximate surface area is 116 Å². The molecule has 0 atom stereocenters. The van der Waals surface area contributed by atoms with Crippen LogP contribution in [0.3, 0.4) is 0 Å². The lowest BCUT2D eigenvalue weighted by atomic mass is 10.3. The van der Waals surface area contributed by atoms with Crippen molar-refractivity contribution in [1.82, 2.24) is 9.47 Å². The highest BCUT2D eigenvalue weighted by Gasteiger charge is 2.24. The summed E-state index contributed by atoms with van der Waals surface area (Å²) in [7, 11) is 2.74. The first kappa shape index (κ1) is 15.7. The van der Waals surface area contributed by atoms with E-state index in [0.29, 0.717) is 6.54 Å². The molecule has 0 aliphatic carbocycles. The van der Waals surface area contributed by atoms with Crippen LogP contribution in [0.5, 0.6) is 0 Å². The van der Waals surface area contributed by atoms with E-state index in [1.54, 1.807) is 6.92 Å². The van der Waals surface area contributed by atoms with E-state index in [2.05, 4.69) is 4.74 Å². The van der Waals surface area contributed by atoms with Gasteiger partial charge in [0.15, 0.2) is 5.69 Å². The van der Waals surface area contributed by atoms with Crippen molar-refractivity contribution in [3.05, 3.63) is 27.9 Å². The van der Waals surface area contributed by atoms with Crippen LogP contribution in [0, 0.1) is 10.1 Å². The van der Waals surface area contributed by atoms with Crippen LogP contribution in [0.15, 0.2) is 12.1 Å². The van der Waals surface area contributed by atoms with E-state index >= 15 is 0 Å². The number of nitrogens with zero attached hydrogens (tertiary/aromatic N) is 3. The van der Waals surface area contributed by atoms with Gasteiger partial charge in [0.25, 0.3) is 5.91 Å². The Morgan fingerprint density at radius 3 is 2.55 bits per heavy atom. The average Bonchev–Trinajstić information content (AvgIpc) is 2.80. The molecule has 110 valence electrons. The summed E-state index contributed by atoms with van der Waals surface area (Å²) < 4.78 is 5.74. The van der Waals surface area contributed by atoms with E-state index in [-0.39, 0.29) is 30.4 Å². The van der Waals surface area contributed by atoms with Crippen LogP contribution in [0.1, 0.15) is 23.8 Å². The number of ether oxygens (including phenoxy) is 1. The summed E-state index contributed by atoms with van der Waals surface area (Å²) in [6, 6.07) is 2.68. The maximum absolute atomic E-state index is 12.3. The van der Waals surface area contributed by atoms with Crippen LogP contribution in [0.25, 0.3) is 0 Å². The second-order valence-electron chi connectivity index (χ2n) is 4.10. The molecule has 0 radical (unpaired) electrons. The zero-order valence-electron chi connectivity index (χ0n) is 11.7. The van der Waals surface area contributed by atoms with Gasteiger partial charge in [-0.25, -0.2) is 4.57 Å². The summed E-state index contributed by atoms with van der Waals surface area (Å²) in [5, 5.41) is 10.7. The van der Waals surface area contributed by atoms with E-state index in [1.165, 1.54) is 35.8 Å². The summed E-state index contributed by atoms with van der Waals surface area (Å²) in [6.45, 7) is 2.38. The number of nitro groups is 1. The van der Waals surface area contributed by atoms with Crippen molar-refractivity contribution in [3.63, 3.8) is 0 Å². The molecule has 0 aromatic carbocycles. The van der Waals surface area contributed by atoms with Crippen LogP contribution >= 0.6 is 0 Å². The standard InChI is InChI=1S/C12H17N3O5/c1-4-14(8-7-11(16)20-3)12(17)9-5-6-10(13(9)2)15(18)19/h5-6H,4,7-8H2,1-3H3. The van der Waals surface area contributed by atoms with E-state index in [1.807, 2.05) is 0 Å². The summed E-state index contributed by atoms with van der Waals surface area (Å²) in [6.07, 6.45) is 0.0859. The van der Waals surface area contributed by atoms with E-state index in [0.717, 1.165) is 0 Å². The van der Waals surface area contributed by atoms with Gasteiger partial charge in [-0.15, -0.1) is 0 Å². The zero-order chi connectivity index (χ0) is 15.3. The quantitative estimate of drug-likeness (QED) is 0.440. The molecule has 1 amide bonds. The Balaban J connectivity index is 2.86. The molecule has 0 bridgehead atoms. The first-order valence-electron chi connectivity index (χ1n) is 6.08. The van der Waals surface area contributed by atoms with Gasteiger partial charge in [0.2, 0.25) is 0 Å². The van der Waals surface area contributed by atoms with E-state index in [9.17, 15) is 19.7 Å². The Bertz CT molecular complexity index is 523. The second kappa shape index (κ2) is 6.69. The Morgan fingerprint density at radius 1 is 1.45 bits per heavy atom. The SMILES string of the molecule is CCN(CCC(=O)OC)C(=O)c1ccc([N+](=O)[O-])n1C. The minimum absolute atomic E-state index is 0.0859. The van der Waals surface area contributed by atoms with Crippen molar-refractivity contribution < 1.29 is 19.2 Å². The van der Waals surface area contributed by atoms with E-state index in [4.69, 9.17) is 0 Å². The van der Waals surface area contributed by atoms with Gasteiger partial charge in [0, 0.05) is 19.2 Å². The Morgan fingerprint density at radius 2 is 2.10 bits per heavy atom. The van der Waals surface area contributed by atoms with Crippen LogP contribution in [-0.2, 0) is 16.6 Å². The fourth-order valence-corrected chi connectivity index (χ4v) is 1.79. The summed E-state index contributed by atoms with van der Waals surface area (Å²) in [4.78, 5) is 35.0. The molecule has 0 saturated carbocycles. The largest absolute Gasteiger partial charge is 0.469 e. The number of hydrogen-bond acceptors (Lipinski definition) is 5. The van der Waals surface area contributed by atoms with Crippen LogP contribution in [0.2, 0.25) is 0 Å². The summed E-state index contributed by atoms with van der Waals surface area (Å²) in [5.41, 5.74) is 0.211. The predicted octanol–water partition coefficient (Wildman–Crippen LogP) is 0.958. The highest BCUT2D eigenvalue weighted by molar-refractivity contribution is 5.93. The molecule has 0 unspecified atom stereocenters. The summed E-state index contributed by atoms with van der Waals surface area (Å²) in [5.74, 6) is -0.918. The highest BCUT2D eigenvalue weighted by Crippen LogP contribution is 2.16.